The molecule has 0 aliphatic rings. The van der Waals surface area contributed by atoms with E-state index in [-0.39, 0.29) is 18.0 Å². The van der Waals surface area contributed by atoms with Crippen molar-refractivity contribution in [3.05, 3.63) is 23.8 Å². The van der Waals surface area contributed by atoms with E-state index >= 15 is 0 Å². The maximum Gasteiger partial charge on any atom is 0.258 e. The molecule has 0 saturated heterocycles. The van der Waals surface area contributed by atoms with Crippen molar-refractivity contribution >= 4 is 5.91 Å². The van der Waals surface area contributed by atoms with Gasteiger partial charge in [-0.25, -0.2) is 0 Å². The Bertz CT molecular complexity index is 433. The topological polar surface area (TPSA) is 38.8 Å². The summed E-state index contributed by atoms with van der Waals surface area (Å²) >= 11 is 0. The Hall–Kier alpha value is -1.71. The molecule has 0 bridgehead atoms. The Balaban J connectivity index is 3.22. The average molecular weight is 265 g/mol. The third-order valence-electron chi connectivity index (χ3n) is 2.98. The fourth-order valence-electron chi connectivity index (χ4n) is 2.19. The summed E-state index contributed by atoms with van der Waals surface area (Å²) in [6.07, 6.45) is 0. The number of hydrogen-bond acceptors (Lipinski definition) is 3. The molecule has 1 aromatic rings. The molecule has 1 rings (SSSR count). The van der Waals surface area contributed by atoms with Crippen molar-refractivity contribution in [3.63, 3.8) is 0 Å². The molecule has 0 unspecified atom stereocenters. The van der Waals surface area contributed by atoms with Gasteiger partial charge in [0, 0.05) is 12.1 Å². The zero-order chi connectivity index (χ0) is 14.6. The van der Waals surface area contributed by atoms with Gasteiger partial charge in [0.15, 0.2) is 0 Å². The second-order valence-corrected chi connectivity index (χ2v) is 4.97. The number of nitrogens with zero attached hydrogens (tertiary/aromatic N) is 1. The van der Waals surface area contributed by atoms with Crippen molar-refractivity contribution in [1.82, 2.24) is 4.90 Å². The first-order valence-corrected chi connectivity index (χ1v) is 6.47. The van der Waals surface area contributed by atoms with Crippen molar-refractivity contribution in [2.75, 3.05) is 14.2 Å². The summed E-state index contributed by atoms with van der Waals surface area (Å²) in [5.74, 6) is 1.18. The van der Waals surface area contributed by atoms with E-state index in [1.54, 1.807) is 32.4 Å². The fraction of sp³-hybridized carbons (Fsp3) is 0.533. The van der Waals surface area contributed by atoms with Crippen molar-refractivity contribution in [2.45, 2.75) is 39.8 Å². The molecule has 0 atom stereocenters. The minimum atomic E-state index is -0.0410. The summed E-state index contributed by atoms with van der Waals surface area (Å²) in [6.45, 7) is 8.02. The molecular formula is C15H23NO3. The lowest BCUT2D eigenvalue weighted by Crippen LogP contribution is -2.42. The van der Waals surface area contributed by atoms with Crippen LogP contribution in [0.15, 0.2) is 18.2 Å². The highest BCUT2D eigenvalue weighted by atomic mass is 16.5. The van der Waals surface area contributed by atoms with Gasteiger partial charge in [0.2, 0.25) is 0 Å². The Morgan fingerprint density at radius 1 is 1.05 bits per heavy atom. The van der Waals surface area contributed by atoms with E-state index < -0.39 is 0 Å². The third-order valence-corrected chi connectivity index (χ3v) is 2.98. The highest BCUT2D eigenvalue weighted by Gasteiger charge is 2.24. The van der Waals surface area contributed by atoms with Crippen LogP contribution in [0.5, 0.6) is 11.5 Å². The SMILES string of the molecule is COc1ccc(OC)c(C(=O)N(C(C)C)C(C)C)c1. The van der Waals surface area contributed by atoms with Crippen LogP contribution < -0.4 is 9.47 Å². The molecule has 4 nitrogen and oxygen atoms in total. The molecule has 106 valence electrons. The van der Waals surface area contributed by atoms with Gasteiger partial charge in [-0.3, -0.25) is 4.79 Å². The number of rotatable bonds is 5. The Labute approximate surface area is 115 Å². The van der Waals surface area contributed by atoms with Gasteiger partial charge < -0.3 is 14.4 Å². The number of ether oxygens (including phenoxy) is 2. The van der Waals surface area contributed by atoms with E-state index in [1.807, 2.05) is 32.6 Å². The van der Waals surface area contributed by atoms with Crippen LogP contribution in [-0.2, 0) is 0 Å². The van der Waals surface area contributed by atoms with Gasteiger partial charge in [0.1, 0.15) is 11.5 Å². The smallest absolute Gasteiger partial charge is 0.258 e. The minimum Gasteiger partial charge on any atom is -0.497 e. The fourth-order valence-corrected chi connectivity index (χ4v) is 2.19. The van der Waals surface area contributed by atoms with Gasteiger partial charge >= 0.3 is 0 Å². The van der Waals surface area contributed by atoms with E-state index in [4.69, 9.17) is 9.47 Å². The van der Waals surface area contributed by atoms with Crippen LogP contribution in [-0.4, -0.2) is 37.1 Å². The predicted molar refractivity (Wildman–Crippen MR) is 76.0 cm³/mol. The number of benzene rings is 1. The molecule has 0 radical (unpaired) electrons. The van der Waals surface area contributed by atoms with E-state index in [1.165, 1.54) is 0 Å². The lowest BCUT2D eigenvalue weighted by molar-refractivity contribution is 0.0640. The van der Waals surface area contributed by atoms with Crippen molar-refractivity contribution in [3.8, 4) is 11.5 Å². The standard InChI is InChI=1S/C15H23NO3/c1-10(2)16(11(3)4)15(17)13-9-12(18-5)7-8-14(13)19-6/h7-11H,1-6H3. The lowest BCUT2D eigenvalue weighted by Gasteiger charge is -2.31. The summed E-state index contributed by atoms with van der Waals surface area (Å²) < 4.78 is 10.5. The van der Waals surface area contributed by atoms with Crippen LogP contribution in [0, 0.1) is 0 Å². The summed E-state index contributed by atoms with van der Waals surface area (Å²) in [5.41, 5.74) is 0.532. The normalized spacial score (nSPS) is 10.7. The highest BCUT2D eigenvalue weighted by molar-refractivity contribution is 5.97. The van der Waals surface area contributed by atoms with E-state index in [9.17, 15) is 4.79 Å². The zero-order valence-electron chi connectivity index (χ0n) is 12.6. The second-order valence-electron chi connectivity index (χ2n) is 4.97. The molecule has 19 heavy (non-hydrogen) atoms. The summed E-state index contributed by atoms with van der Waals surface area (Å²) in [6, 6.07) is 5.51. The largest absolute Gasteiger partial charge is 0.497 e. The lowest BCUT2D eigenvalue weighted by atomic mass is 10.1. The molecule has 0 saturated carbocycles. The Kier molecular flexibility index (Phi) is 5.21. The van der Waals surface area contributed by atoms with Crippen LogP contribution in [0.3, 0.4) is 0 Å². The Morgan fingerprint density at radius 3 is 2.05 bits per heavy atom. The van der Waals surface area contributed by atoms with Crippen LogP contribution in [0.4, 0.5) is 0 Å². The van der Waals surface area contributed by atoms with Crippen molar-refractivity contribution in [1.29, 1.82) is 0 Å². The quantitative estimate of drug-likeness (QED) is 0.821. The van der Waals surface area contributed by atoms with Crippen molar-refractivity contribution in [2.24, 2.45) is 0 Å². The van der Waals surface area contributed by atoms with Gasteiger partial charge in [0.25, 0.3) is 5.91 Å². The van der Waals surface area contributed by atoms with Crippen LogP contribution in [0.2, 0.25) is 0 Å². The summed E-state index contributed by atoms with van der Waals surface area (Å²) in [5, 5.41) is 0. The number of amides is 1. The molecule has 0 aliphatic carbocycles. The summed E-state index contributed by atoms with van der Waals surface area (Å²) in [4.78, 5) is 14.5. The summed E-state index contributed by atoms with van der Waals surface area (Å²) in [7, 11) is 3.15. The monoisotopic (exact) mass is 265 g/mol. The second kappa shape index (κ2) is 6.45. The molecule has 0 spiro atoms. The molecule has 0 fully saturated rings. The predicted octanol–water partition coefficient (Wildman–Crippen LogP) is 2.96. The molecule has 0 aromatic heterocycles. The van der Waals surface area contributed by atoms with E-state index in [0.717, 1.165) is 0 Å². The maximum absolute atomic E-state index is 12.7. The molecular weight excluding hydrogens is 242 g/mol. The van der Waals surface area contributed by atoms with Gasteiger partial charge in [-0.15, -0.1) is 0 Å². The van der Waals surface area contributed by atoms with Crippen LogP contribution in [0.25, 0.3) is 0 Å². The Morgan fingerprint density at radius 2 is 1.63 bits per heavy atom. The molecule has 0 N–H and O–H groups in total. The molecule has 1 aromatic carbocycles. The molecule has 0 heterocycles. The first-order valence-electron chi connectivity index (χ1n) is 6.47. The minimum absolute atomic E-state index is 0.0410. The van der Waals surface area contributed by atoms with Crippen molar-refractivity contribution < 1.29 is 14.3 Å². The molecule has 0 aliphatic heterocycles. The van der Waals surface area contributed by atoms with E-state index in [0.29, 0.717) is 17.1 Å². The van der Waals surface area contributed by atoms with E-state index in [2.05, 4.69) is 0 Å². The maximum atomic E-state index is 12.7. The third kappa shape index (κ3) is 3.40. The number of hydrogen-bond donors (Lipinski definition) is 0. The van der Waals surface area contributed by atoms with Crippen LogP contribution >= 0.6 is 0 Å². The van der Waals surface area contributed by atoms with Gasteiger partial charge in [-0.1, -0.05) is 0 Å². The average Bonchev–Trinajstić information content (AvgIpc) is 2.36. The number of carbonyl (C=O) groups excluding carboxylic acids is 1. The van der Waals surface area contributed by atoms with Gasteiger partial charge in [-0.2, -0.15) is 0 Å². The highest BCUT2D eigenvalue weighted by Crippen LogP contribution is 2.26. The zero-order valence-corrected chi connectivity index (χ0v) is 12.6. The van der Waals surface area contributed by atoms with Gasteiger partial charge in [-0.05, 0) is 45.9 Å². The number of methoxy groups -OCH3 is 2. The molecule has 4 heteroatoms. The first kappa shape index (κ1) is 15.3. The first-order chi connectivity index (χ1) is 8.92. The number of carbonyl (C=O) groups is 1. The van der Waals surface area contributed by atoms with Gasteiger partial charge in [0.05, 0.1) is 19.8 Å². The molecule has 1 amide bonds. The van der Waals surface area contributed by atoms with Crippen LogP contribution in [0.1, 0.15) is 38.1 Å².